The normalized spacial score (nSPS) is 28.5. The zero-order chi connectivity index (χ0) is 20.8. The SMILES string of the molecule is CCC[C@H]1[C@H]2C[C@H](CN(C(=O)c3ccc4cccc(F)c4n3)C2)[C@@H]2CCCC(=O)N21. The van der Waals surface area contributed by atoms with Gasteiger partial charge in [0.1, 0.15) is 17.0 Å². The van der Waals surface area contributed by atoms with Crippen LogP contribution in [0.5, 0.6) is 0 Å². The lowest BCUT2D eigenvalue weighted by molar-refractivity contribution is -0.152. The summed E-state index contributed by atoms with van der Waals surface area (Å²) in [6, 6.07) is 8.77. The molecule has 3 fully saturated rings. The quantitative estimate of drug-likeness (QED) is 0.770. The number of nitrogens with zero attached hydrogens (tertiary/aromatic N) is 3. The molecule has 5 nitrogen and oxygen atoms in total. The van der Waals surface area contributed by atoms with Crippen molar-refractivity contribution in [2.24, 2.45) is 11.8 Å². The number of para-hydroxylation sites is 1. The van der Waals surface area contributed by atoms with Gasteiger partial charge in [-0.15, -0.1) is 0 Å². The van der Waals surface area contributed by atoms with Crippen LogP contribution in [0.3, 0.4) is 0 Å². The predicted octanol–water partition coefficient (Wildman–Crippen LogP) is 4.02. The first-order chi connectivity index (χ1) is 14.6. The van der Waals surface area contributed by atoms with Gasteiger partial charge in [0.05, 0.1) is 0 Å². The molecule has 0 saturated carbocycles. The lowest BCUT2D eigenvalue weighted by Crippen LogP contribution is -2.65. The Bertz CT molecular complexity index is 994. The number of hydrogen-bond donors (Lipinski definition) is 0. The van der Waals surface area contributed by atoms with E-state index in [9.17, 15) is 14.0 Å². The molecule has 0 aliphatic carbocycles. The summed E-state index contributed by atoms with van der Waals surface area (Å²) in [6.07, 6.45) is 5.74. The van der Waals surface area contributed by atoms with E-state index in [1.165, 1.54) is 6.07 Å². The molecule has 2 aromatic rings. The second-order valence-corrected chi connectivity index (χ2v) is 9.09. The summed E-state index contributed by atoms with van der Waals surface area (Å²) in [6.45, 7) is 3.46. The Morgan fingerprint density at radius 3 is 2.87 bits per heavy atom. The summed E-state index contributed by atoms with van der Waals surface area (Å²) < 4.78 is 14.2. The fraction of sp³-hybridized carbons (Fsp3) is 0.542. The molecular weight excluding hydrogens is 381 g/mol. The van der Waals surface area contributed by atoms with Gasteiger partial charge in [-0.2, -0.15) is 0 Å². The van der Waals surface area contributed by atoms with Crippen molar-refractivity contribution in [3.05, 3.63) is 41.8 Å². The molecule has 0 radical (unpaired) electrons. The second-order valence-electron chi connectivity index (χ2n) is 9.09. The minimum Gasteiger partial charge on any atom is -0.337 e. The summed E-state index contributed by atoms with van der Waals surface area (Å²) in [5.74, 6) is 0.397. The van der Waals surface area contributed by atoms with Gasteiger partial charge in [-0.3, -0.25) is 9.59 Å². The molecule has 3 saturated heterocycles. The average molecular weight is 410 g/mol. The maximum absolute atomic E-state index is 14.2. The predicted molar refractivity (Wildman–Crippen MR) is 112 cm³/mol. The molecule has 6 heteroatoms. The van der Waals surface area contributed by atoms with Crippen molar-refractivity contribution < 1.29 is 14.0 Å². The number of hydrogen-bond acceptors (Lipinski definition) is 3. The zero-order valence-electron chi connectivity index (χ0n) is 17.4. The van der Waals surface area contributed by atoms with E-state index in [4.69, 9.17) is 0 Å². The van der Waals surface area contributed by atoms with E-state index in [1.807, 2.05) is 4.90 Å². The standard InChI is InChI=1S/C24H28FN3O2/c1-2-5-20-16-12-17(21-8-4-9-22(29)28(20)21)14-27(13-16)24(30)19-11-10-15-6-3-7-18(25)23(15)26-19/h3,6-7,10-11,16-17,20-21H,2,4-5,8-9,12-14H2,1H3/t16-,17+,20-,21-/m0/s1. The van der Waals surface area contributed by atoms with Crippen LogP contribution in [0.25, 0.3) is 10.9 Å². The minimum absolute atomic E-state index is 0.124. The third-order valence-electron chi connectivity index (χ3n) is 7.26. The number of amides is 2. The maximum Gasteiger partial charge on any atom is 0.272 e. The average Bonchev–Trinajstić information content (AvgIpc) is 2.76. The highest BCUT2D eigenvalue weighted by Gasteiger charge is 2.49. The topological polar surface area (TPSA) is 53.5 Å². The molecule has 2 bridgehead atoms. The van der Waals surface area contributed by atoms with Crippen LogP contribution in [0.15, 0.2) is 30.3 Å². The van der Waals surface area contributed by atoms with Gasteiger partial charge >= 0.3 is 0 Å². The van der Waals surface area contributed by atoms with Gasteiger partial charge in [-0.05, 0) is 49.7 Å². The highest BCUT2D eigenvalue weighted by Crippen LogP contribution is 2.43. The smallest absolute Gasteiger partial charge is 0.272 e. The molecule has 2 amide bonds. The lowest BCUT2D eigenvalue weighted by atomic mass is 9.71. The van der Waals surface area contributed by atoms with Gasteiger partial charge < -0.3 is 9.80 Å². The molecule has 0 N–H and O–H groups in total. The van der Waals surface area contributed by atoms with Gasteiger partial charge in [-0.25, -0.2) is 9.37 Å². The van der Waals surface area contributed by atoms with Gasteiger partial charge in [0.2, 0.25) is 5.91 Å². The second kappa shape index (κ2) is 7.64. The number of carbonyl (C=O) groups is 2. The van der Waals surface area contributed by atoms with Crippen LogP contribution in [-0.2, 0) is 4.79 Å². The van der Waals surface area contributed by atoms with Crippen molar-refractivity contribution in [2.45, 2.75) is 57.5 Å². The number of pyridine rings is 1. The molecule has 3 aliphatic heterocycles. The number of carbonyl (C=O) groups excluding carboxylic acids is 2. The van der Waals surface area contributed by atoms with Crippen molar-refractivity contribution in [2.75, 3.05) is 13.1 Å². The Labute approximate surface area is 176 Å². The van der Waals surface area contributed by atoms with Crippen LogP contribution >= 0.6 is 0 Å². The molecular formula is C24H28FN3O2. The first kappa shape index (κ1) is 19.5. The first-order valence-electron chi connectivity index (χ1n) is 11.2. The number of likely N-dealkylation sites (tertiary alicyclic amines) is 1. The third-order valence-corrected chi connectivity index (χ3v) is 7.26. The first-order valence-corrected chi connectivity index (χ1v) is 11.2. The van der Waals surface area contributed by atoms with E-state index in [2.05, 4.69) is 16.8 Å². The van der Waals surface area contributed by atoms with Crippen molar-refractivity contribution in [3.63, 3.8) is 0 Å². The van der Waals surface area contributed by atoms with Crippen molar-refractivity contribution >= 4 is 22.7 Å². The van der Waals surface area contributed by atoms with Crippen LogP contribution in [0.1, 0.15) is 55.9 Å². The summed E-state index contributed by atoms with van der Waals surface area (Å²) in [5.41, 5.74) is 0.546. The number of benzene rings is 1. The Balaban J connectivity index is 1.44. The molecule has 5 rings (SSSR count). The molecule has 0 spiro atoms. The molecule has 30 heavy (non-hydrogen) atoms. The Morgan fingerprint density at radius 2 is 2.03 bits per heavy atom. The summed E-state index contributed by atoms with van der Waals surface area (Å²) in [7, 11) is 0. The molecule has 3 aliphatic rings. The monoisotopic (exact) mass is 409 g/mol. The van der Waals surface area contributed by atoms with Crippen LogP contribution in [0.4, 0.5) is 4.39 Å². The largest absolute Gasteiger partial charge is 0.337 e. The summed E-state index contributed by atoms with van der Waals surface area (Å²) in [4.78, 5) is 34.5. The Hall–Kier alpha value is -2.50. The molecule has 0 unspecified atom stereocenters. The third kappa shape index (κ3) is 3.17. The molecule has 4 atom stereocenters. The van der Waals surface area contributed by atoms with Gasteiger partial charge in [0.15, 0.2) is 0 Å². The molecule has 4 heterocycles. The lowest BCUT2D eigenvalue weighted by Gasteiger charge is -2.56. The summed E-state index contributed by atoms with van der Waals surface area (Å²) in [5, 5.41) is 0.696. The number of fused-ring (bicyclic) bond motifs is 5. The van der Waals surface area contributed by atoms with E-state index in [-0.39, 0.29) is 23.5 Å². The highest BCUT2D eigenvalue weighted by atomic mass is 19.1. The van der Waals surface area contributed by atoms with Crippen LogP contribution < -0.4 is 0 Å². The van der Waals surface area contributed by atoms with E-state index in [1.54, 1.807) is 24.3 Å². The molecule has 1 aromatic carbocycles. The van der Waals surface area contributed by atoms with Crippen molar-refractivity contribution in [1.29, 1.82) is 0 Å². The van der Waals surface area contributed by atoms with Gasteiger partial charge in [0, 0.05) is 37.0 Å². The number of rotatable bonds is 3. The minimum atomic E-state index is -0.406. The van der Waals surface area contributed by atoms with Crippen molar-refractivity contribution in [3.8, 4) is 0 Å². The zero-order valence-corrected chi connectivity index (χ0v) is 17.4. The number of piperidine rings is 3. The summed E-state index contributed by atoms with van der Waals surface area (Å²) >= 11 is 0. The van der Waals surface area contributed by atoms with E-state index in [0.717, 1.165) is 32.1 Å². The van der Waals surface area contributed by atoms with Gasteiger partial charge in [-0.1, -0.05) is 31.5 Å². The van der Waals surface area contributed by atoms with Crippen LogP contribution in [0.2, 0.25) is 0 Å². The van der Waals surface area contributed by atoms with E-state index < -0.39 is 5.82 Å². The maximum atomic E-state index is 14.2. The number of halogens is 1. The fourth-order valence-corrected chi connectivity index (χ4v) is 6.00. The fourth-order valence-electron chi connectivity index (χ4n) is 6.00. The molecule has 1 aromatic heterocycles. The van der Waals surface area contributed by atoms with Gasteiger partial charge in [0.25, 0.3) is 5.91 Å². The van der Waals surface area contributed by atoms with Crippen molar-refractivity contribution in [1.82, 2.24) is 14.8 Å². The number of aromatic nitrogens is 1. The van der Waals surface area contributed by atoms with Crippen LogP contribution in [-0.4, -0.2) is 51.8 Å². The van der Waals surface area contributed by atoms with Crippen LogP contribution in [0, 0.1) is 17.7 Å². The van der Waals surface area contributed by atoms with E-state index in [0.29, 0.717) is 48.3 Å². The molecule has 158 valence electrons. The highest BCUT2D eigenvalue weighted by molar-refractivity contribution is 5.95. The Kier molecular flexibility index (Phi) is 4.95. The van der Waals surface area contributed by atoms with E-state index >= 15 is 0 Å². The Morgan fingerprint density at radius 1 is 1.20 bits per heavy atom.